The van der Waals surface area contributed by atoms with Gasteiger partial charge in [-0.1, -0.05) is 18.2 Å². The number of para-hydroxylation sites is 1. The van der Waals surface area contributed by atoms with Crippen molar-refractivity contribution in [3.63, 3.8) is 0 Å². The zero-order chi connectivity index (χ0) is 17.2. The maximum atomic E-state index is 12.3. The smallest absolute Gasteiger partial charge is 0.317 e. The molecule has 2 saturated heterocycles. The lowest BCUT2D eigenvalue weighted by atomic mass is 10.2. The fraction of sp³-hybridized carbons (Fsp3) is 0.526. The fourth-order valence-corrected chi connectivity index (χ4v) is 3.77. The molecule has 0 radical (unpaired) electrons. The summed E-state index contributed by atoms with van der Waals surface area (Å²) < 4.78 is 11.7. The van der Waals surface area contributed by atoms with Crippen molar-refractivity contribution >= 4 is 17.0 Å². The number of hydrogen-bond acceptors (Lipinski definition) is 4. The van der Waals surface area contributed by atoms with Gasteiger partial charge in [0.15, 0.2) is 0 Å². The number of furan rings is 1. The van der Waals surface area contributed by atoms with Crippen LogP contribution in [0.3, 0.4) is 0 Å². The van der Waals surface area contributed by atoms with Gasteiger partial charge in [0.05, 0.1) is 19.3 Å². The summed E-state index contributed by atoms with van der Waals surface area (Å²) in [6.07, 6.45) is 2.57. The van der Waals surface area contributed by atoms with E-state index in [9.17, 15) is 4.79 Å². The monoisotopic (exact) mass is 343 g/mol. The van der Waals surface area contributed by atoms with Gasteiger partial charge in [-0.2, -0.15) is 0 Å². The van der Waals surface area contributed by atoms with Crippen molar-refractivity contribution in [3.05, 3.63) is 36.1 Å². The summed E-state index contributed by atoms with van der Waals surface area (Å²) >= 11 is 0. The highest BCUT2D eigenvalue weighted by Crippen LogP contribution is 2.22. The quantitative estimate of drug-likeness (QED) is 0.926. The van der Waals surface area contributed by atoms with Gasteiger partial charge in [0.1, 0.15) is 11.3 Å². The first-order valence-corrected chi connectivity index (χ1v) is 9.01. The Labute approximate surface area is 147 Å². The molecule has 0 bridgehead atoms. The molecule has 2 aromatic rings. The van der Waals surface area contributed by atoms with Gasteiger partial charge in [0.2, 0.25) is 0 Å². The van der Waals surface area contributed by atoms with E-state index in [-0.39, 0.29) is 12.1 Å². The summed E-state index contributed by atoms with van der Waals surface area (Å²) in [5.41, 5.74) is 0.849. The van der Waals surface area contributed by atoms with Crippen LogP contribution in [0.1, 0.15) is 18.6 Å². The van der Waals surface area contributed by atoms with Crippen LogP contribution in [0.2, 0.25) is 0 Å². The molecular formula is C19H25N3O3. The van der Waals surface area contributed by atoms with Gasteiger partial charge >= 0.3 is 6.03 Å². The number of ether oxygens (including phenoxy) is 1. The average Bonchev–Trinajstić information content (AvgIpc) is 3.24. The highest BCUT2D eigenvalue weighted by molar-refractivity contribution is 5.78. The second kappa shape index (κ2) is 7.06. The summed E-state index contributed by atoms with van der Waals surface area (Å²) in [4.78, 5) is 16.5. The van der Waals surface area contributed by atoms with Gasteiger partial charge in [0, 0.05) is 31.6 Å². The normalized spacial score (nSPS) is 23.6. The molecule has 1 aromatic carbocycles. The molecule has 1 N–H and O–H groups in total. The lowest BCUT2D eigenvalue weighted by molar-refractivity contribution is -0.0460. The second-order valence-electron chi connectivity index (χ2n) is 7.04. The third kappa shape index (κ3) is 3.65. The zero-order valence-corrected chi connectivity index (χ0v) is 14.6. The molecule has 25 heavy (non-hydrogen) atoms. The van der Waals surface area contributed by atoms with Crippen LogP contribution in [0.25, 0.3) is 11.0 Å². The molecule has 4 rings (SSSR count). The minimum absolute atomic E-state index is 0.0814. The number of nitrogens with zero attached hydrogens (tertiary/aromatic N) is 2. The molecule has 2 fully saturated rings. The first-order chi connectivity index (χ1) is 12.2. The molecule has 0 aliphatic carbocycles. The Balaban J connectivity index is 1.27. The number of morpholine rings is 1. The SMILES string of the molecule is CN(Cc1cc2ccccc2o1)C(=O)NC[C@@H]1CN2CCC[C@H]2CO1. The van der Waals surface area contributed by atoms with Crippen molar-refractivity contribution < 1.29 is 13.9 Å². The Hall–Kier alpha value is -2.05. The van der Waals surface area contributed by atoms with Crippen LogP contribution in [-0.2, 0) is 11.3 Å². The lowest BCUT2D eigenvalue weighted by Gasteiger charge is -2.35. The van der Waals surface area contributed by atoms with Crippen molar-refractivity contribution in [1.82, 2.24) is 15.1 Å². The number of hydrogen-bond donors (Lipinski definition) is 1. The average molecular weight is 343 g/mol. The van der Waals surface area contributed by atoms with Crippen LogP contribution < -0.4 is 5.32 Å². The molecule has 6 nitrogen and oxygen atoms in total. The third-order valence-electron chi connectivity index (χ3n) is 5.16. The van der Waals surface area contributed by atoms with Crippen molar-refractivity contribution in [2.75, 3.05) is 33.3 Å². The van der Waals surface area contributed by atoms with E-state index in [1.165, 1.54) is 12.8 Å². The summed E-state index contributed by atoms with van der Waals surface area (Å²) in [6.45, 7) is 3.85. The number of nitrogens with one attached hydrogen (secondary N) is 1. The van der Waals surface area contributed by atoms with E-state index >= 15 is 0 Å². The summed E-state index contributed by atoms with van der Waals surface area (Å²) in [5.74, 6) is 0.785. The molecule has 3 heterocycles. The van der Waals surface area contributed by atoms with E-state index in [0.29, 0.717) is 19.1 Å². The topological polar surface area (TPSA) is 58.0 Å². The van der Waals surface area contributed by atoms with Gasteiger partial charge in [-0.05, 0) is 31.5 Å². The highest BCUT2D eigenvalue weighted by atomic mass is 16.5. The van der Waals surface area contributed by atoms with Crippen molar-refractivity contribution in [2.24, 2.45) is 0 Å². The first kappa shape index (κ1) is 16.4. The van der Waals surface area contributed by atoms with Crippen LogP contribution in [0, 0.1) is 0 Å². The summed E-state index contributed by atoms with van der Waals surface area (Å²) in [6, 6.07) is 10.3. The number of rotatable bonds is 4. The van der Waals surface area contributed by atoms with E-state index in [0.717, 1.165) is 36.4 Å². The molecule has 0 spiro atoms. The standard InChI is InChI=1S/C19H25N3O3/c1-21(11-16-9-14-5-2-3-7-18(14)25-16)19(23)20-10-17-12-22-8-4-6-15(22)13-24-17/h2-3,5,7,9,15,17H,4,6,8,10-13H2,1H3,(H,20,23)/t15-,17+/m0/s1. The number of benzene rings is 1. The number of urea groups is 1. The Kier molecular flexibility index (Phi) is 4.63. The number of amides is 2. The highest BCUT2D eigenvalue weighted by Gasteiger charge is 2.32. The van der Waals surface area contributed by atoms with Crippen molar-refractivity contribution in [2.45, 2.75) is 31.5 Å². The Morgan fingerprint density at radius 1 is 1.40 bits per heavy atom. The van der Waals surface area contributed by atoms with Crippen LogP contribution >= 0.6 is 0 Å². The Morgan fingerprint density at radius 2 is 2.28 bits per heavy atom. The second-order valence-corrected chi connectivity index (χ2v) is 7.04. The van der Waals surface area contributed by atoms with Gasteiger partial charge < -0.3 is 19.4 Å². The Morgan fingerprint density at radius 3 is 3.16 bits per heavy atom. The predicted molar refractivity (Wildman–Crippen MR) is 95.4 cm³/mol. The number of fused-ring (bicyclic) bond motifs is 2. The molecule has 2 aliphatic heterocycles. The maximum absolute atomic E-state index is 12.3. The van der Waals surface area contributed by atoms with Gasteiger partial charge in [-0.15, -0.1) is 0 Å². The van der Waals surface area contributed by atoms with E-state index in [4.69, 9.17) is 9.15 Å². The molecule has 0 unspecified atom stereocenters. The van der Waals surface area contributed by atoms with Crippen molar-refractivity contribution in [1.29, 1.82) is 0 Å². The van der Waals surface area contributed by atoms with Crippen LogP contribution in [0.15, 0.2) is 34.7 Å². The minimum atomic E-state index is -0.104. The van der Waals surface area contributed by atoms with Gasteiger partial charge in [-0.3, -0.25) is 4.90 Å². The molecule has 2 atom stereocenters. The summed E-state index contributed by atoms with van der Waals surface area (Å²) in [5, 5.41) is 4.04. The third-order valence-corrected chi connectivity index (χ3v) is 5.16. The lowest BCUT2D eigenvalue weighted by Crippen LogP contribution is -2.51. The molecule has 2 amide bonds. The van der Waals surface area contributed by atoms with Crippen LogP contribution in [-0.4, -0.2) is 61.3 Å². The van der Waals surface area contributed by atoms with E-state index in [2.05, 4.69) is 10.2 Å². The first-order valence-electron chi connectivity index (χ1n) is 9.01. The molecule has 6 heteroatoms. The van der Waals surface area contributed by atoms with Crippen LogP contribution in [0.4, 0.5) is 4.79 Å². The van der Waals surface area contributed by atoms with Crippen molar-refractivity contribution in [3.8, 4) is 0 Å². The fourth-order valence-electron chi connectivity index (χ4n) is 3.77. The van der Waals surface area contributed by atoms with E-state index in [1.54, 1.807) is 11.9 Å². The van der Waals surface area contributed by atoms with Gasteiger partial charge in [-0.25, -0.2) is 4.79 Å². The van der Waals surface area contributed by atoms with Crippen LogP contribution in [0.5, 0.6) is 0 Å². The molecule has 0 saturated carbocycles. The number of carbonyl (C=O) groups excluding carboxylic acids is 1. The Bertz CT molecular complexity index is 711. The molecular weight excluding hydrogens is 318 g/mol. The summed E-state index contributed by atoms with van der Waals surface area (Å²) in [7, 11) is 1.78. The molecule has 1 aromatic heterocycles. The zero-order valence-electron chi connectivity index (χ0n) is 14.6. The molecule has 2 aliphatic rings. The van der Waals surface area contributed by atoms with E-state index in [1.807, 2.05) is 30.3 Å². The van der Waals surface area contributed by atoms with E-state index < -0.39 is 0 Å². The minimum Gasteiger partial charge on any atom is -0.459 e. The molecule has 134 valence electrons. The maximum Gasteiger partial charge on any atom is 0.317 e. The largest absolute Gasteiger partial charge is 0.459 e. The van der Waals surface area contributed by atoms with Gasteiger partial charge in [0.25, 0.3) is 0 Å². The number of carbonyl (C=O) groups is 1. The predicted octanol–water partition coefficient (Wildman–Crippen LogP) is 2.44.